The van der Waals surface area contributed by atoms with Crippen molar-refractivity contribution in [3.63, 3.8) is 0 Å². The molecule has 1 fully saturated rings. The van der Waals surface area contributed by atoms with Crippen molar-refractivity contribution >= 4 is 27.9 Å². The maximum atomic E-state index is 14.1. The first-order chi connectivity index (χ1) is 15.4. The lowest BCUT2D eigenvalue weighted by molar-refractivity contribution is 0.385. The van der Waals surface area contributed by atoms with Gasteiger partial charge in [-0.3, -0.25) is 4.98 Å². The number of benzene rings is 2. The molecule has 0 radical (unpaired) electrons. The molecule has 0 aliphatic carbocycles. The molecule has 0 N–H and O–H groups in total. The maximum absolute atomic E-state index is 14.1. The van der Waals surface area contributed by atoms with Gasteiger partial charge in [-0.05, 0) is 71.6 Å². The molecule has 1 saturated heterocycles. The molecule has 2 aromatic carbocycles. The number of sulfonamides is 1. The van der Waals surface area contributed by atoms with Crippen LogP contribution in [0.15, 0.2) is 67.0 Å². The second-order valence-corrected chi connectivity index (χ2v) is 9.98. The molecule has 2 heterocycles. The molecular weight excluding hydrogens is 425 g/mol. The van der Waals surface area contributed by atoms with E-state index in [1.54, 1.807) is 23.6 Å². The summed E-state index contributed by atoms with van der Waals surface area (Å²) in [5.41, 5.74) is 4.60. The van der Waals surface area contributed by atoms with Gasteiger partial charge >= 0.3 is 0 Å². The molecule has 0 amide bonds. The van der Waals surface area contributed by atoms with E-state index in [1.165, 1.54) is 12.1 Å². The van der Waals surface area contributed by atoms with Crippen molar-refractivity contribution < 1.29 is 12.8 Å². The fraction of sp³-hybridized carbons (Fsp3) is 0.240. The molecule has 0 spiro atoms. The van der Waals surface area contributed by atoms with Crippen LogP contribution in [0.3, 0.4) is 0 Å². The highest BCUT2D eigenvalue weighted by Gasteiger charge is 2.25. The lowest BCUT2D eigenvalue weighted by atomic mass is 10.0. The smallest absolute Gasteiger partial charge is 0.213 e. The van der Waals surface area contributed by atoms with Crippen LogP contribution < -0.4 is 4.90 Å². The van der Waals surface area contributed by atoms with Gasteiger partial charge in [0, 0.05) is 44.3 Å². The minimum atomic E-state index is -3.12. The number of piperazine rings is 1. The van der Waals surface area contributed by atoms with E-state index in [9.17, 15) is 12.8 Å². The zero-order valence-corrected chi connectivity index (χ0v) is 18.8. The zero-order valence-electron chi connectivity index (χ0n) is 18.0. The predicted molar refractivity (Wildman–Crippen MR) is 128 cm³/mol. The Kier molecular flexibility index (Phi) is 6.67. The van der Waals surface area contributed by atoms with Crippen molar-refractivity contribution in [1.29, 1.82) is 0 Å². The van der Waals surface area contributed by atoms with Crippen LogP contribution in [0.5, 0.6) is 0 Å². The summed E-state index contributed by atoms with van der Waals surface area (Å²) in [5.74, 6) is -0.137. The maximum Gasteiger partial charge on any atom is 0.213 e. The van der Waals surface area contributed by atoms with Crippen molar-refractivity contribution in [1.82, 2.24) is 9.29 Å². The summed E-state index contributed by atoms with van der Waals surface area (Å²) in [6.45, 7) is 4.05. The molecule has 166 valence electrons. The molecule has 1 aliphatic rings. The van der Waals surface area contributed by atoms with Gasteiger partial charge < -0.3 is 4.90 Å². The molecule has 0 atom stereocenters. The van der Waals surface area contributed by atoms with E-state index < -0.39 is 10.0 Å². The van der Waals surface area contributed by atoms with E-state index in [1.807, 2.05) is 54.6 Å². The Hall–Kier alpha value is -3.03. The minimum Gasteiger partial charge on any atom is -0.369 e. The van der Waals surface area contributed by atoms with E-state index >= 15 is 0 Å². The van der Waals surface area contributed by atoms with Crippen LogP contribution in [-0.4, -0.2) is 49.6 Å². The molecule has 7 heteroatoms. The fourth-order valence-corrected chi connectivity index (χ4v) is 4.90. The predicted octanol–water partition coefficient (Wildman–Crippen LogP) is 4.53. The summed E-state index contributed by atoms with van der Waals surface area (Å²) in [6.07, 6.45) is 7.25. The van der Waals surface area contributed by atoms with Gasteiger partial charge in [0.2, 0.25) is 10.0 Å². The molecule has 1 aromatic heterocycles. The summed E-state index contributed by atoms with van der Waals surface area (Å²) >= 11 is 0. The van der Waals surface area contributed by atoms with Crippen molar-refractivity contribution in [3.05, 3.63) is 83.9 Å². The molecule has 4 rings (SSSR count). The number of halogens is 1. The SMILES string of the molecule is CCS(=O)(=O)N1CCN(c2ccc(C=Cc3cc(F)cc(-c4ccncc4)c3)cc2)CC1. The quantitative estimate of drug-likeness (QED) is 0.517. The zero-order chi connectivity index (χ0) is 22.6. The number of anilines is 1. The van der Waals surface area contributed by atoms with Crippen LogP contribution in [0.1, 0.15) is 18.1 Å². The molecule has 32 heavy (non-hydrogen) atoms. The van der Waals surface area contributed by atoms with E-state index in [0.717, 1.165) is 27.9 Å². The van der Waals surface area contributed by atoms with Crippen LogP contribution in [0.4, 0.5) is 10.1 Å². The average molecular weight is 452 g/mol. The van der Waals surface area contributed by atoms with Crippen molar-refractivity contribution in [3.8, 4) is 11.1 Å². The summed E-state index contributed by atoms with van der Waals surface area (Å²) in [4.78, 5) is 6.21. The van der Waals surface area contributed by atoms with Crippen molar-refractivity contribution in [2.24, 2.45) is 0 Å². The highest BCUT2D eigenvalue weighted by Crippen LogP contribution is 2.23. The molecule has 0 saturated carbocycles. The third-order valence-electron chi connectivity index (χ3n) is 5.66. The van der Waals surface area contributed by atoms with Crippen LogP contribution in [0.25, 0.3) is 23.3 Å². The van der Waals surface area contributed by atoms with Crippen LogP contribution >= 0.6 is 0 Å². The second kappa shape index (κ2) is 9.63. The first-order valence-electron chi connectivity index (χ1n) is 10.7. The van der Waals surface area contributed by atoms with Gasteiger partial charge in [0.05, 0.1) is 5.75 Å². The first kappa shape index (κ1) is 22.2. The Morgan fingerprint density at radius 2 is 1.53 bits per heavy atom. The number of rotatable bonds is 6. The summed E-state index contributed by atoms with van der Waals surface area (Å²) in [7, 11) is -3.12. The van der Waals surface area contributed by atoms with E-state index in [4.69, 9.17) is 0 Å². The summed E-state index contributed by atoms with van der Waals surface area (Å²) in [6, 6.07) is 16.8. The monoisotopic (exact) mass is 451 g/mol. The Morgan fingerprint density at radius 1 is 0.875 bits per heavy atom. The van der Waals surface area contributed by atoms with Gasteiger partial charge in [0.15, 0.2) is 0 Å². The number of aromatic nitrogens is 1. The first-order valence-corrected chi connectivity index (χ1v) is 12.3. The molecule has 0 bridgehead atoms. The molecular formula is C25H26FN3O2S. The number of nitrogens with zero attached hydrogens (tertiary/aromatic N) is 3. The third kappa shape index (κ3) is 5.23. The van der Waals surface area contributed by atoms with Gasteiger partial charge in [0.1, 0.15) is 5.82 Å². The summed E-state index contributed by atoms with van der Waals surface area (Å²) in [5, 5.41) is 0. The molecule has 1 aliphatic heterocycles. The van der Waals surface area contributed by atoms with E-state index in [2.05, 4.69) is 9.88 Å². The van der Waals surface area contributed by atoms with Crippen LogP contribution in [0.2, 0.25) is 0 Å². The number of hydrogen-bond acceptors (Lipinski definition) is 4. The Bertz CT molecular complexity index is 1190. The Morgan fingerprint density at radius 3 is 2.19 bits per heavy atom. The second-order valence-electron chi connectivity index (χ2n) is 7.72. The fourth-order valence-electron chi connectivity index (χ4n) is 3.82. The normalized spacial score (nSPS) is 15.4. The Balaban J connectivity index is 1.43. The number of hydrogen-bond donors (Lipinski definition) is 0. The average Bonchev–Trinajstić information content (AvgIpc) is 2.83. The Labute approximate surface area is 188 Å². The van der Waals surface area contributed by atoms with Gasteiger partial charge in [-0.25, -0.2) is 12.8 Å². The van der Waals surface area contributed by atoms with Gasteiger partial charge in [0.25, 0.3) is 0 Å². The molecule has 5 nitrogen and oxygen atoms in total. The van der Waals surface area contributed by atoms with Crippen molar-refractivity contribution in [2.45, 2.75) is 6.92 Å². The number of pyridine rings is 1. The highest BCUT2D eigenvalue weighted by atomic mass is 32.2. The minimum absolute atomic E-state index is 0.142. The highest BCUT2D eigenvalue weighted by molar-refractivity contribution is 7.89. The van der Waals surface area contributed by atoms with Crippen LogP contribution in [0, 0.1) is 5.82 Å². The topological polar surface area (TPSA) is 53.5 Å². The van der Waals surface area contributed by atoms with Crippen molar-refractivity contribution in [2.75, 3.05) is 36.8 Å². The summed E-state index contributed by atoms with van der Waals surface area (Å²) < 4.78 is 39.7. The largest absolute Gasteiger partial charge is 0.369 e. The molecule has 0 unspecified atom stereocenters. The van der Waals surface area contributed by atoms with Gasteiger partial charge in [-0.15, -0.1) is 0 Å². The van der Waals surface area contributed by atoms with Gasteiger partial charge in [-0.2, -0.15) is 4.31 Å². The van der Waals surface area contributed by atoms with Crippen LogP contribution in [-0.2, 0) is 10.0 Å². The lowest BCUT2D eigenvalue weighted by Gasteiger charge is -2.35. The standard InChI is InChI=1S/C25H26FN3O2S/c1-2-32(30,31)29-15-13-28(14-16-29)25-7-5-20(6-8-25)3-4-21-17-23(19-24(26)18-21)22-9-11-27-12-10-22/h3-12,17-19H,2,13-16H2,1H3. The molecule has 3 aromatic rings. The van der Waals surface area contributed by atoms with E-state index in [-0.39, 0.29) is 11.6 Å². The van der Waals surface area contributed by atoms with E-state index in [0.29, 0.717) is 26.2 Å². The van der Waals surface area contributed by atoms with Gasteiger partial charge in [-0.1, -0.05) is 24.3 Å². The third-order valence-corrected chi connectivity index (χ3v) is 7.54. The lowest BCUT2D eigenvalue weighted by Crippen LogP contribution is -2.49.